The number of nitrogens with zero attached hydrogens (tertiary/aromatic N) is 1. The minimum Gasteiger partial charge on any atom is -0.544 e. The van der Waals surface area contributed by atoms with Gasteiger partial charge in [-0.15, -0.1) is 0 Å². The molecule has 1 fully saturated rings. The molecule has 0 radical (unpaired) electrons. The van der Waals surface area contributed by atoms with Gasteiger partial charge >= 0.3 is 0 Å². The van der Waals surface area contributed by atoms with Crippen molar-refractivity contribution >= 4 is 20.2 Å². The minimum atomic E-state index is -1.66. The van der Waals surface area contributed by atoms with Gasteiger partial charge in [0.2, 0.25) is 8.32 Å². The second-order valence-corrected chi connectivity index (χ2v) is 13.1. The van der Waals surface area contributed by atoms with E-state index < -0.39 is 8.32 Å². The summed E-state index contributed by atoms with van der Waals surface area (Å²) in [6.07, 6.45) is 7.63. The summed E-state index contributed by atoms with van der Waals surface area (Å²) in [5.74, 6) is 0.849. The first-order valence-corrected chi connectivity index (χ1v) is 13.9. The zero-order valence-electron chi connectivity index (χ0n) is 17.8. The highest BCUT2D eigenvalue weighted by Crippen LogP contribution is 2.23. The number of hydrogen-bond donors (Lipinski definition) is 0. The Morgan fingerprint density at radius 1 is 1.00 bits per heavy atom. The molecule has 0 N–H and O–H groups in total. The number of piperidine rings is 1. The largest absolute Gasteiger partial charge is 0.544 e. The molecule has 0 saturated carbocycles. The number of benzene rings is 2. The average molecular weight is 410 g/mol. The van der Waals surface area contributed by atoms with Crippen molar-refractivity contribution < 1.29 is 8.82 Å². The average Bonchev–Trinajstić information content (AvgIpc) is 2.70. The number of halogens is 1. The van der Waals surface area contributed by atoms with E-state index in [1.807, 2.05) is 18.2 Å². The van der Waals surface area contributed by atoms with Gasteiger partial charge in [0.1, 0.15) is 11.6 Å². The molecule has 0 spiro atoms. The lowest BCUT2D eigenvalue weighted by Gasteiger charge is -2.28. The maximum absolute atomic E-state index is 13.1. The smallest absolute Gasteiger partial charge is 0.242 e. The van der Waals surface area contributed by atoms with Crippen LogP contribution in [-0.2, 0) is 4.43 Å². The van der Waals surface area contributed by atoms with Crippen molar-refractivity contribution in [2.75, 3.05) is 19.6 Å². The number of hydrogen-bond acceptors (Lipinski definition) is 2. The molecule has 0 unspecified atom stereocenters. The van der Waals surface area contributed by atoms with Crippen LogP contribution in [0.3, 0.4) is 0 Å². The van der Waals surface area contributed by atoms with Gasteiger partial charge in [0.25, 0.3) is 0 Å². The Kier molecular flexibility index (Phi) is 7.45. The summed E-state index contributed by atoms with van der Waals surface area (Å²) in [7, 11) is -1.66. The number of likely N-dealkylation sites (tertiary alicyclic amines) is 1. The highest BCUT2D eigenvalue weighted by molar-refractivity contribution is 6.70. The van der Waals surface area contributed by atoms with E-state index in [2.05, 4.69) is 61.0 Å². The lowest BCUT2D eigenvalue weighted by molar-refractivity contribution is 0.261. The Morgan fingerprint density at radius 2 is 1.66 bits per heavy atom. The van der Waals surface area contributed by atoms with Crippen molar-refractivity contribution in [3.63, 3.8) is 0 Å². The Hall–Kier alpha value is -2.17. The van der Waals surface area contributed by atoms with Gasteiger partial charge in [-0.1, -0.05) is 54.1 Å². The fourth-order valence-electron chi connectivity index (χ4n) is 3.53. The van der Waals surface area contributed by atoms with E-state index in [1.165, 1.54) is 17.7 Å². The van der Waals surface area contributed by atoms with Crippen LogP contribution in [-0.4, -0.2) is 32.9 Å². The van der Waals surface area contributed by atoms with E-state index >= 15 is 0 Å². The molecular formula is C25H32FNOSi. The summed E-state index contributed by atoms with van der Waals surface area (Å²) in [6.45, 7) is 9.89. The van der Waals surface area contributed by atoms with Crippen LogP contribution < -0.4 is 0 Å². The van der Waals surface area contributed by atoms with Crippen molar-refractivity contribution in [2.24, 2.45) is 0 Å². The molecule has 2 aromatic rings. The third kappa shape index (κ3) is 7.30. The molecule has 2 aromatic carbocycles. The van der Waals surface area contributed by atoms with Crippen molar-refractivity contribution in [3.8, 4) is 0 Å². The molecule has 1 heterocycles. The van der Waals surface area contributed by atoms with Crippen LogP contribution in [0.25, 0.3) is 11.8 Å². The molecule has 154 valence electrons. The topological polar surface area (TPSA) is 12.5 Å². The van der Waals surface area contributed by atoms with E-state index in [0.717, 1.165) is 55.8 Å². The Bertz CT molecular complexity index is 827. The van der Waals surface area contributed by atoms with E-state index in [0.29, 0.717) is 0 Å². The monoisotopic (exact) mass is 409 g/mol. The zero-order chi connectivity index (χ0) is 20.7. The molecule has 0 atom stereocenters. The third-order valence-corrected chi connectivity index (χ3v) is 5.82. The molecule has 3 rings (SSSR count). The van der Waals surface area contributed by atoms with Crippen LogP contribution in [0.1, 0.15) is 30.4 Å². The molecule has 2 nitrogen and oxygen atoms in total. The van der Waals surface area contributed by atoms with Gasteiger partial charge in [-0.2, -0.15) is 0 Å². The molecule has 1 aliphatic heterocycles. The summed E-state index contributed by atoms with van der Waals surface area (Å²) < 4.78 is 19.4. The van der Waals surface area contributed by atoms with Gasteiger partial charge in [0, 0.05) is 25.2 Å². The Balaban J connectivity index is 1.53. The standard InChI is InChI=1S/C25H32FNOSi/c1-29(2,3)28-25(23-8-5-4-6-9-23)10-7-17-27-18-15-22(16-19-27)20-21-11-13-24(26)14-12-21/h4-6,8-14,20H,7,15-19H2,1-3H3/b25-10-. The highest BCUT2D eigenvalue weighted by atomic mass is 28.4. The maximum Gasteiger partial charge on any atom is 0.242 e. The van der Waals surface area contributed by atoms with Crippen molar-refractivity contribution in [2.45, 2.75) is 38.9 Å². The maximum atomic E-state index is 13.1. The Morgan fingerprint density at radius 3 is 2.28 bits per heavy atom. The summed E-state index contributed by atoms with van der Waals surface area (Å²) in [5.41, 5.74) is 3.71. The quantitative estimate of drug-likeness (QED) is 0.378. The fourth-order valence-corrected chi connectivity index (χ4v) is 4.39. The molecular weight excluding hydrogens is 377 g/mol. The zero-order valence-corrected chi connectivity index (χ0v) is 18.8. The normalized spacial score (nSPS) is 16.0. The van der Waals surface area contributed by atoms with Crippen LogP contribution in [0.5, 0.6) is 0 Å². The lowest BCUT2D eigenvalue weighted by Crippen LogP contribution is -2.31. The first kappa shape index (κ1) is 21.5. The Labute approximate surface area is 175 Å². The van der Waals surface area contributed by atoms with Gasteiger partial charge in [-0.3, -0.25) is 0 Å². The van der Waals surface area contributed by atoms with E-state index in [4.69, 9.17) is 4.43 Å². The summed E-state index contributed by atoms with van der Waals surface area (Å²) in [4.78, 5) is 2.52. The van der Waals surface area contributed by atoms with Crippen LogP contribution in [0, 0.1) is 5.82 Å². The van der Waals surface area contributed by atoms with Gasteiger partial charge in [-0.05, 0) is 62.7 Å². The van der Waals surface area contributed by atoms with Gasteiger partial charge < -0.3 is 9.33 Å². The first-order chi connectivity index (χ1) is 13.9. The number of rotatable bonds is 7. The predicted molar refractivity (Wildman–Crippen MR) is 124 cm³/mol. The minimum absolute atomic E-state index is 0.178. The SMILES string of the molecule is C[Si](C)(C)O/C(=C\CCN1CCC(=Cc2ccc(F)cc2)CC1)c1ccccc1. The molecule has 4 heteroatoms. The van der Waals surface area contributed by atoms with Crippen LogP contribution in [0.4, 0.5) is 4.39 Å². The second-order valence-electron chi connectivity index (χ2n) is 8.63. The molecule has 0 bridgehead atoms. The van der Waals surface area contributed by atoms with Crippen molar-refractivity contribution in [1.82, 2.24) is 4.90 Å². The molecule has 0 aliphatic carbocycles. The van der Waals surface area contributed by atoms with E-state index in [1.54, 1.807) is 0 Å². The summed E-state index contributed by atoms with van der Waals surface area (Å²) in [6, 6.07) is 17.2. The molecule has 29 heavy (non-hydrogen) atoms. The first-order valence-electron chi connectivity index (χ1n) is 10.5. The lowest BCUT2D eigenvalue weighted by atomic mass is 10.0. The second kappa shape index (κ2) is 10.0. The van der Waals surface area contributed by atoms with Gasteiger partial charge in [0.15, 0.2) is 0 Å². The van der Waals surface area contributed by atoms with Crippen LogP contribution >= 0.6 is 0 Å². The summed E-state index contributed by atoms with van der Waals surface area (Å²) >= 11 is 0. The van der Waals surface area contributed by atoms with Crippen LogP contribution in [0.15, 0.2) is 66.2 Å². The fraction of sp³-hybridized carbons (Fsp3) is 0.360. The van der Waals surface area contributed by atoms with Crippen molar-refractivity contribution in [1.29, 1.82) is 0 Å². The third-order valence-electron chi connectivity index (χ3n) is 4.99. The van der Waals surface area contributed by atoms with Crippen molar-refractivity contribution in [3.05, 3.63) is 83.2 Å². The molecule has 0 aromatic heterocycles. The highest BCUT2D eigenvalue weighted by Gasteiger charge is 2.19. The van der Waals surface area contributed by atoms with E-state index in [-0.39, 0.29) is 5.82 Å². The molecule has 0 amide bonds. The molecule has 1 aliphatic rings. The van der Waals surface area contributed by atoms with Gasteiger partial charge in [0.05, 0.1) is 0 Å². The van der Waals surface area contributed by atoms with Gasteiger partial charge in [-0.25, -0.2) is 4.39 Å². The molecule has 1 saturated heterocycles. The predicted octanol–water partition coefficient (Wildman–Crippen LogP) is 6.59. The summed E-state index contributed by atoms with van der Waals surface area (Å²) in [5, 5.41) is 0. The van der Waals surface area contributed by atoms with Crippen LogP contribution in [0.2, 0.25) is 19.6 Å². The van der Waals surface area contributed by atoms with E-state index in [9.17, 15) is 4.39 Å².